The van der Waals surface area contributed by atoms with Gasteiger partial charge in [0.25, 0.3) is 0 Å². The molecule has 30 heavy (non-hydrogen) atoms. The van der Waals surface area contributed by atoms with E-state index in [1.165, 1.54) is 12.1 Å². The van der Waals surface area contributed by atoms with Gasteiger partial charge in [0.1, 0.15) is 0 Å². The number of aryl methyl sites for hydroxylation is 2. The van der Waals surface area contributed by atoms with Gasteiger partial charge in [-0.2, -0.15) is 0 Å². The fourth-order valence-electron chi connectivity index (χ4n) is 3.20. The lowest BCUT2D eigenvalue weighted by molar-refractivity contribution is -0.137. The van der Waals surface area contributed by atoms with E-state index in [1.807, 2.05) is 44.2 Å². The molecule has 0 aliphatic carbocycles. The molecule has 0 saturated heterocycles. The molecule has 0 aliphatic heterocycles. The van der Waals surface area contributed by atoms with E-state index in [-0.39, 0.29) is 11.3 Å². The number of rotatable bonds is 7. The molecule has 0 bridgehead atoms. The number of carbonyl (C=O) groups is 1. The smallest absolute Gasteiger partial charge is 0.305 e. The normalized spacial score (nSPS) is 12.5. The van der Waals surface area contributed by atoms with Crippen molar-refractivity contribution < 1.29 is 18.3 Å². The molecule has 0 aliphatic rings. The van der Waals surface area contributed by atoms with E-state index >= 15 is 0 Å². The summed E-state index contributed by atoms with van der Waals surface area (Å²) in [6.45, 7) is 3.80. The van der Waals surface area contributed by atoms with Gasteiger partial charge in [-0.15, -0.1) is 0 Å². The predicted octanol–water partition coefficient (Wildman–Crippen LogP) is 5.12. The Bertz CT molecular complexity index is 1170. The Kier molecular flexibility index (Phi) is 6.61. The molecule has 3 rings (SSSR count). The molecule has 1 atom stereocenters. The Hall–Kier alpha value is -2.67. The molecule has 0 amide bonds. The molecule has 3 aromatic carbocycles. The number of sulfonamides is 1. The third-order valence-electron chi connectivity index (χ3n) is 4.81. The number of carboxylic acid groups (broad SMARTS) is 1. The maximum Gasteiger partial charge on any atom is 0.305 e. The third-order valence-corrected chi connectivity index (χ3v) is 6.53. The van der Waals surface area contributed by atoms with Crippen LogP contribution in [0.15, 0.2) is 71.6 Å². The van der Waals surface area contributed by atoms with Gasteiger partial charge < -0.3 is 5.11 Å². The van der Waals surface area contributed by atoms with E-state index in [2.05, 4.69) is 4.72 Å². The molecule has 156 valence electrons. The van der Waals surface area contributed by atoms with Gasteiger partial charge in [-0.3, -0.25) is 4.79 Å². The molecule has 0 fully saturated rings. The molecule has 0 saturated carbocycles. The highest BCUT2D eigenvalue weighted by Gasteiger charge is 2.24. The van der Waals surface area contributed by atoms with E-state index in [1.54, 1.807) is 24.3 Å². The summed E-state index contributed by atoms with van der Waals surface area (Å²) in [6.07, 6.45) is -0.386. The summed E-state index contributed by atoms with van der Waals surface area (Å²) < 4.78 is 28.3. The van der Waals surface area contributed by atoms with Crippen molar-refractivity contribution in [3.05, 3.63) is 88.4 Å². The highest BCUT2D eigenvalue weighted by atomic mass is 35.5. The van der Waals surface area contributed by atoms with Gasteiger partial charge in [-0.05, 0) is 66.4 Å². The Balaban J connectivity index is 2.01. The quantitative estimate of drug-likeness (QED) is 0.531. The first-order chi connectivity index (χ1) is 14.2. The Labute approximate surface area is 181 Å². The number of benzene rings is 3. The van der Waals surface area contributed by atoms with Crippen molar-refractivity contribution in [1.82, 2.24) is 4.72 Å². The van der Waals surface area contributed by atoms with Crippen LogP contribution in [0.1, 0.15) is 29.2 Å². The number of carboxylic acids is 1. The van der Waals surface area contributed by atoms with E-state index in [0.29, 0.717) is 10.6 Å². The molecule has 0 spiro atoms. The summed E-state index contributed by atoms with van der Waals surface area (Å²) in [4.78, 5) is 11.6. The van der Waals surface area contributed by atoms with Crippen molar-refractivity contribution in [2.45, 2.75) is 31.2 Å². The second kappa shape index (κ2) is 9.00. The monoisotopic (exact) mass is 443 g/mol. The van der Waals surface area contributed by atoms with Crippen molar-refractivity contribution in [2.24, 2.45) is 0 Å². The average Bonchev–Trinajstić information content (AvgIpc) is 2.67. The van der Waals surface area contributed by atoms with Crippen LogP contribution >= 0.6 is 11.6 Å². The van der Waals surface area contributed by atoms with Crippen molar-refractivity contribution in [3.63, 3.8) is 0 Å². The maximum atomic E-state index is 12.9. The van der Waals surface area contributed by atoms with Crippen molar-refractivity contribution in [1.29, 1.82) is 0 Å². The van der Waals surface area contributed by atoms with Crippen LogP contribution < -0.4 is 4.72 Å². The van der Waals surface area contributed by atoms with E-state index < -0.39 is 22.0 Å². The SMILES string of the molecule is Cc1ccc(S(=O)(=O)N[C@H](CC(=O)O)c2ccc(C)c(-c3cccc(Cl)c3)c2)cc1. The summed E-state index contributed by atoms with van der Waals surface area (Å²) in [7, 11) is -3.90. The van der Waals surface area contributed by atoms with Gasteiger partial charge in [0.15, 0.2) is 0 Å². The van der Waals surface area contributed by atoms with Gasteiger partial charge in [-0.1, -0.05) is 53.6 Å². The lowest BCUT2D eigenvalue weighted by Gasteiger charge is -2.19. The van der Waals surface area contributed by atoms with Crippen LogP contribution in [0, 0.1) is 13.8 Å². The van der Waals surface area contributed by atoms with Crippen LogP contribution in [0.4, 0.5) is 0 Å². The summed E-state index contributed by atoms with van der Waals surface area (Å²) in [5.41, 5.74) is 4.20. The Morgan fingerprint density at radius 3 is 2.37 bits per heavy atom. The molecule has 5 nitrogen and oxygen atoms in total. The number of halogens is 1. The molecule has 0 aromatic heterocycles. The van der Waals surface area contributed by atoms with Crippen LogP contribution in [0.3, 0.4) is 0 Å². The van der Waals surface area contributed by atoms with Gasteiger partial charge in [0.05, 0.1) is 17.4 Å². The van der Waals surface area contributed by atoms with E-state index in [9.17, 15) is 18.3 Å². The first-order valence-electron chi connectivity index (χ1n) is 9.33. The van der Waals surface area contributed by atoms with Crippen LogP contribution in [0.5, 0.6) is 0 Å². The molecular formula is C23H22ClNO4S. The first-order valence-corrected chi connectivity index (χ1v) is 11.2. The minimum absolute atomic E-state index is 0.0886. The van der Waals surface area contributed by atoms with Crippen LogP contribution in [0.25, 0.3) is 11.1 Å². The molecule has 0 heterocycles. The van der Waals surface area contributed by atoms with Gasteiger partial charge in [-0.25, -0.2) is 13.1 Å². The maximum absolute atomic E-state index is 12.9. The Morgan fingerprint density at radius 2 is 1.73 bits per heavy atom. The lowest BCUT2D eigenvalue weighted by atomic mass is 9.95. The number of hydrogen-bond donors (Lipinski definition) is 2. The highest BCUT2D eigenvalue weighted by Crippen LogP contribution is 2.30. The lowest BCUT2D eigenvalue weighted by Crippen LogP contribution is -2.30. The largest absolute Gasteiger partial charge is 0.481 e. The predicted molar refractivity (Wildman–Crippen MR) is 118 cm³/mol. The van der Waals surface area contributed by atoms with Gasteiger partial charge in [0.2, 0.25) is 10.0 Å². The zero-order chi connectivity index (χ0) is 21.9. The fourth-order valence-corrected chi connectivity index (χ4v) is 4.61. The first kappa shape index (κ1) is 22.0. The van der Waals surface area contributed by atoms with Gasteiger partial charge >= 0.3 is 5.97 Å². The van der Waals surface area contributed by atoms with E-state index in [4.69, 9.17) is 11.6 Å². The summed E-state index contributed by atoms with van der Waals surface area (Å²) in [5.74, 6) is -1.10. The molecule has 2 N–H and O–H groups in total. The number of nitrogens with one attached hydrogen (secondary N) is 1. The third kappa shape index (κ3) is 5.27. The Morgan fingerprint density at radius 1 is 1.03 bits per heavy atom. The van der Waals surface area contributed by atoms with Crippen LogP contribution in [-0.4, -0.2) is 19.5 Å². The molecule has 0 unspecified atom stereocenters. The second-order valence-corrected chi connectivity index (χ2v) is 9.32. The molecular weight excluding hydrogens is 422 g/mol. The minimum Gasteiger partial charge on any atom is -0.481 e. The van der Waals surface area contributed by atoms with Crippen molar-refractivity contribution in [3.8, 4) is 11.1 Å². The van der Waals surface area contributed by atoms with Crippen LogP contribution in [0.2, 0.25) is 5.02 Å². The zero-order valence-electron chi connectivity index (χ0n) is 16.6. The van der Waals surface area contributed by atoms with Crippen molar-refractivity contribution in [2.75, 3.05) is 0 Å². The molecule has 0 radical (unpaired) electrons. The summed E-state index contributed by atoms with van der Waals surface area (Å²) >= 11 is 6.11. The summed E-state index contributed by atoms with van der Waals surface area (Å²) in [5, 5.41) is 9.96. The number of hydrogen-bond acceptors (Lipinski definition) is 3. The van der Waals surface area contributed by atoms with Crippen LogP contribution in [-0.2, 0) is 14.8 Å². The summed E-state index contributed by atoms with van der Waals surface area (Å²) in [6, 6.07) is 18.2. The molecule has 3 aromatic rings. The van der Waals surface area contributed by atoms with E-state index in [0.717, 1.165) is 22.3 Å². The second-order valence-electron chi connectivity index (χ2n) is 7.17. The average molecular weight is 444 g/mol. The standard InChI is InChI=1S/C23H22ClNO4S/c1-15-6-10-20(11-7-15)30(28,29)25-22(14-23(26)27)18-9-8-16(2)21(13-18)17-4-3-5-19(24)12-17/h3-13,22,25H,14H2,1-2H3,(H,26,27)/t22-/m1/s1. The van der Waals surface area contributed by atoms with Crippen molar-refractivity contribution >= 4 is 27.6 Å². The minimum atomic E-state index is -3.90. The highest BCUT2D eigenvalue weighted by molar-refractivity contribution is 7.89. The molecule has 7 heteroatoms. The zero-order valence-corrected chi connectivity index (χ0v) is 18.2. The van der Waals surface area contributed by atoms with Gasteiger partial charge in [0, 0.05) is 5.02 Å². The fraction of sp³-hybridized carbons (Fsp3) is 0.174. The number of aliphatic carboxylic acids is 1. The topological polar surface area (TPSA) is 83.5 Å².